The third-order valence-electron chi connectivity index (χ3n) is 2.48. The Labute approximate surface area is 93.2 Å². The second kappa shape index (κ2) is 5.16. The number of benzene rings is 1. The molecule has 0 N–H and O–H groups in total. The molecule has 0 bridgehead atoms. The molecule has 0 amide bonds. The Morgan fingerprint density at radius 1 is 1.44 bits per heavy atom. The average Bonchev–Trinajstić information content (AvgIpc) is 2.26. The Balaban J connectivity index is 3.22. The molecule has 1 aromatic rings. The van der Waals surface area contributed by atoms with Crippen molar-refractivity contribution in [3.05, 3.63) is 34.9 Å². The van der Waals surface area contributed by atoms with E-state index in [4.69, 9.17) is 4.74 Å². The van der Waals surface area contributed by atoms with Crippen LogP contribution in [-0.4, -0.2) is 19.0 Å². The quantitative estimate of drug-likeness (QED) is 0.741. The van der Waals surface area contributed by atoms with Crippen LogP contribution in [0, 0.1) is 18.6 Å². The van der Waals surface area contributed by atoms with Gasteiger partial charge in [0.05, 0.1) is 5.56 Å². The van der Waals surface area contributed by atoms with Crippen molar-refractivity contribution in [2.45, 2.75) is 26.4 Å². The first-order chi connectivity index (χ1) is 7.52. The van der Waals surface area contributed by atoms with E-state index in [1.54, 1.807) is 6.92 Å². The van der Waals surface area contributed by atoms with Crippen LogP contribution < -0.4 is 0 Å². The highest BCUT2D eigenvalue weighted by Gasteiger charge is 2.25. The minimum atomic E-state index is -0.844. The Bertz CT molecular complexity index is 398. The van der Waals surface area contributed by atoms with Crippen LogP contribution >= 0.6 is 0 Å². The molecule has 0 fully saturated rings. The van der Waals surface area contributed by atoms with Gasteiger partial charge in [0.15, 0.2) is 5.78 Å². The van der Waals surface area contributed by atoms with Crippen molar-refractivity contribution >= 4 is 5.78 Å². The summed E-state index contributed by atoms with van der Waals surface area (Å²) in [5, 5.41) is 0. The second-order valence-electron chi connectivity index (χ2n) is 3.55. The highest BCUT2D eigenvalue weighted by Crippen LogP contribution is 2.19. The monoisotopic (exact) mass is 228 g/mol. The van der Waals surface area contributed by atoms with Gasteiger partial charge in [-0.2, -0.15) is 0 Å². The van der Waals surface area contributed by atoms with E-state index in [0.29, 0.717) is 6.42 Å². The summed E-state index contributed by atoms with van der Waals surface area (Å²) in [6.07, 6.45) is -0.423. The fourth-order valence-electron chi connectivity index (χ4n) is 1.50. The number of halogens is 2. The molecule has 1 aromatic carbocycles. The van der Waals surface area contributed by atoms with Gasteiger partial charge in [-0.3, -0.25) is 4.79 Å². The number of ether oxygens (including phenoxy) is 1. The number of hydrogen-bond donors (Lipinski definition) is 0. The van der Waals surface area contributed by atoms with Gasteiger partial charge in [-0.05, 0) is 25.0 Å². The number of hydrogen-bond acceptors (Lipinski definition) is 2. The Morgan fingerprint density at radius 3 is 2.56 bits per heavy atom. The molecule has 0 aliphatic heterocycles. The van der Waals surface area contributed by atoms with E-state index >= 15 is 0 Å². The molecule has 1 rings (SSSR count). The third kappa shape index (κ3) is 2.27. The van der Waals surface area contributed by atoms with E-state index < -0.39 is 29.1 Å². The Morgan fingerprint density at radius 2 is 2.06 bits per heavy atom. The number of rotatable bonds is 4. The van der Waals surface area contributed by atoms with Crippen LogP contribution in [0.4, 0.5) is 8.78 Å². The standard InChI is InChI=1S/C12H14F2O2/c1-4-9(16-3)12(15)10-8(13)6-5-7(2)11(10)14/h5-6,9H,4H2,1-3H3. The predicted molar refractivity (Wildman–Crippen MR) is 56.5 cm³/mol. The molecule has 2 nitrogen and oxygen atoms in total. The zero-order valence-corrected chi connectivity index (χ0v) is 9.51. The summed E-state index contributed by atoms with van der Waals surface area (Å²) in [5.74, 6) is -2.30. The molecule has 0 aromatic heterocycles. The smallest absolute Gasteiger partial charge is 0.197 e. The van der Waals surface area contributed by atoms with Gasteiger partial charge in [-0.1, -0.05) is 13.0 Å². The van der Waals surface area contributed by atoms with Gasteiger partial charge in [-0.25, -0.2) is 8.78 Å². The van der Waals surface area contributed by atoms with Gasteiger partial charge in [0.25, 0.3) is 0 Å². The van der Waals surface area contributed by atoms with Crippen LogP contribution in [0.2, 0.25) is 0 Å². The van der Waals surface area contributed by atoms with Gasteiger partial charge in [-0.15, -0.1) is 0 Å². The number of Topliss-reactive ketones (excluding diaryl/α,β-unsaturated/α-hetero) is 1. The Hall–Kier alpha value is -1.29. The number of methoxy groups -OCH3 is 1. The van der Waals surface area contributed by atoms with Crippen molar-refractivity contribution < 1.29 is 18.3 Å². The SMILES string of the molecule is CCC(OC)C(=O)c1c(F)ccc(C)c1F. The molecular weight excluding hydrogens is 214 g/mol. The third-order valence-corrected chi connectivity index (χ3v) is 2.48. The van der Waals surface area contributed by atoms with E-state index in [9.17, 15) is 13.6 Å². The van der Waals surface area contributed by atoms with Crippen molar-refractivity contribution in [1.82, 2.24) is 0 Å². The maximum atomic E-state index is 13.6. The highest BCUT2D eigenvalue weighted by molar-refractivity contribution is 6.00. The molecule has 4 heteroatoms. The second-order valence-corrected chi connectivity index (χ2v) is 3.55. The van der Waals surface area contributed by atoms with Crippen LogP contribution in [0.15, 0.2) is 12.1 Å². The molecule has 0 aliphatic rings. The number of aryl methyl sites for hydroxylation is 1. The molecule has 0 aliphatic carbocycles. The molecule has 16 heavy (non-hydrogen) atoms. The van der Waals surface area contributed by atoms with Gasteiger partial charge >= 0.3 is 0 Å². The van der Waals surface area contributed by atoms with Crippen molar-refractivity contribution in [1.29, 1.82) is 0 Å². The lowest BCUT2D eigenvalue weighted by molar-refractivity contribution is 0.0587. The summed E-state index contributed by atoms with van der Waals surface area (Å²) in [7, 11) is 1.34. The molecule has 1 atom stereocenters. The van der Waals surface area contributed by atoms with Crippen LogP contribution in [0.3, 0.4) is 0 Å². The fourth-order valence-corrected chi connectivity index (χ4v) is 1.50. The fraction of sp³-hybridized carbons (Fsp3) is 0.417. The molecule has 0 saturated heterocycles. The van der Waals surface area contributed by atoms with Crippen molar-refractivity contribution in [3.63, 3.8) is 0 Å². The van der Waals surface area contributed by atoms with E-state index in [1.807, 2.05) is 0 Å². The minimum absolute atomic E-state index is 0.246. The zero-order valence-electron chi connectivity index (χ0n) is 9.51. The van der Waals surface area contributed by atoms with Gasteiger partial charge in [0.1, 0.15) is 17.7 Å². The highest BCUT2D eigenvalue weighted by atomic mass is 19.1. The lowest BCUT2D eigenvalue weighted by atomic mass is 10.0. The molecule has 88 valence electrons. The first kappa shape index (κ1) is 12.8. The van der Waals surface area contributed by atoms with Crippen LogP contribution in [0.5, 0.6) is 0 Å². The van der Waals surface area contributed by atoms with E-state index in [-0.39, 0.29) is 5.56 Å². The maximum absolute atomic E-state index is 13.6. The molecule has 0 radical (unpaired) electrons. The average molecular weight is 228 g/mol. The minimum Gasteiger partial charge on any atom is -0.373 e. The molecule has 0 heterocycles. The topological polar surface area (TPSA) is 26.3 Å². The van der Waals surface area contributed by atoms with E-state index in [2.05, 4.69) is 0 Å². The first-order valence-electron chi connectivity index (χ1n) is 5.04. The van der Waals surface area contributed by atoms with Gasteiger partial charge in [0, 0.05) is 7.11 Å². The number of carbonyl (C=O) groups excluding carboxylic acids is 1. The van der Waals surface area contributed by atoms with E-state index in [0.717, 1.165) is 6.07 Å². The number of carbonyl (C=O) groups is 1. The first-order valence-corrected chi connectivity index (χ1v) is 5.04. The molecule has 0 spiro atoms. The van der Waals surface area contributed by atoms with Crippen LogP contribution in [0.25, 0.3) is 0 Å². The summed E-state index contributed by atoms with van der Waals surface area (Å²) in [5.41, 5.74) is -0.260. The van der Waals surface area contributed by atoms with Crippen LogP contribution in [0.1, 0.15) is 29.3 Å². The van der Waals surface area contributed by atoms with Gasteiger partial charge in [0.2, 0.25) is 0 Å². The molecular formula is C12H14F2O2. The van der Waals surface area contributed by atoms with E-state index in [1.165, 1.54) is 20.1 Å². The number of ketones is 1. The normalized spacial score (nSPS) is 12.6. The maximum Gasteiger partial charge on any atom is 0.197 e. The van der Waals surface area contributed by atoms with Crippen molar-refractivity contribution in [2.75, 3.05) is 7.11 Å². The summed E-state index contributed by atoms with van der Waals surface area (Å²) >= 11 is 0. The molecule has 1 unspecified atom stereocenters. The summed E-state index contributed by atoms with van der Waals surface area (Å²) in [6.45, 7) is 3.21. The van der Waals surface area contributed by atoms with Crippen molar-refractivity contribution in [2.24, 2.45) is 0 Å². The van der Waals surface area contributed by atoms with Gasteiger partial charge < -0.3 is 4.74 Å². The summed E-state index contributed by atoms with van der Waals surface area (Å²) < 4.78 is 31.9. The zero-order chi connectivity index (χ0) is 12.3. The summed E-state index contributed by atoms with van der Waals surface area (Å²) in [6, 6.07) is 2.39. The lowest BCUT2D eigenvalue weighted by Gasteiger charge is -2.13. The predicted octanol–water partition coefficient (Wildman–Crippen LogP) is 2.88. The largest absolute Gasteiger partial charge is 0.373 e. The van der Waals surface area contributed by atoms with Crippen LogP contribution in [-0.2, 0) is 4.74 Å². The molecule has 0 saturated carbocycles. The lowest BCUT2D eigenvalue weighted by Crippen LogP contribution is -2.24. The van der Waals surface area contributed by atoms with Crippen molar-refractivity contribution in [3.8, 4) is 0 Å². The Kier molecular flexibility index (Phi) is 4.12. The summed E-state index contributed by atoms with van der Waals surface area (Å²) in [4.78, 5) is 11.8.